The van der Waals surface area contributed by atoms with Crippen LogP contribution in [-0.4, -0.2) is 0 Å². The third kappa shape index (κ3) is 10.6. The molecule has 0 amide bonds. The lowest BCUT2D eigenvalue weighted by Crippen LogP contribution is -1.92. The molecule has 2 aromatic carbocycles. The van der Waals surface area contributed by atoms with Crippen LogP contribution < -0.4 is 0 Å². The second-order valence-electron chi connectivity index (χ2n) is 7.03. The van der Waals surface area contributed by atoms with Crippen molar-refractivity contribution in [2.24, 2.45) is 0 Å². The molecule has 0 bridgehead atoms. The summed E-state index contributed by atoms with van der Waals surface area (Å²) in [6.45, 7) is 13.9. The van der Waals surface area contributed by atoms with Gasteiger partial charge < -0.3 is 0 Å². The Labute approximate surface area is 185 Å². The van der Waals surface area contributed by atoms with Gasteiger partial charge in [-0.05, 0) is 61.3 Å². The summed E-state index contributed by atoms with van der Waals surface area (Å²) >= 11 is 0. The molecule has 0 N–H and O–H groups in total. The summed E-state index contributed by atoms with van der Waals surface area (Å²) in [4.78, 5) is 0. The van der Waals surface area contributed by atoms with Crippen molar-refractivity contribution < 1.29 is 0 Å². The summed E-state index contributed by atoms with van der Waals surface area (Å²) in [5.41, 5.74) is 6.56. The molecule has 0 saturated heterocycles. The lowest BCUT2D eigenvalue weighted by Gasteiger charge is -2.05. The van der Waals surface area contributed by atoms with Gasteiger partial charge in [-0.1, -0.05) is 124 Å². The van der Waals surface area contributed by atoms with Gasteiger partial charge in [0.15, 0.2) is 0 Å². The van der Waals surface area contributed by atoms with Crippen LogP contribution in [0.4, 0.5) is 0 Å². The molecule has 0 aromatic heterocycles. The molecule has 0 atom stereocenters. The zero-order valence-corrected chi connectivity index (χ0v) is 19.1. The Morgan fingerprint density at radius 1 is 0.767 bits per heavy atom. The normalized spacial score (nSPS) is 11.4. The van der Waals surface area contributed by atoms with Crippen LogP contribution in [0.15, 0.2) is 115 Å². The predicted octanol–water partition coefficient (Wildman–Crippen LogP) is 8.62. The number of rotatable bonds is 11. The van der Waals surface area contributed by atoms with Crippen molar-refractivity contribution in [2.45, 2.75) is 52.9 Å². The fourth-order valence-corrected chi connectivity index (χ4v) is 3.05. The highest BCUT2D eigenvalue weighted by atomic mass is 14.0. The van der Waals surface area contributed by atoms with Crippen LogP contribution in [0.1, 0.15) is 50.3 Å². The minimum absolute atomic E-state index is 1.02. The molecule has 0 aliphatic rings. The largest absolute Gasteiger partial charge is 0.0991 e. The first-order valence-electron chi connectivity index (χ1n) is 11.1. The highest BCUT2D eigenvalue weighted by Gasteiger charge is 1.98. The van der Waals surface area contributed by atoms with Crippen molar-refractivity contribution in [3.63, 3.8) is 0 Å². The van der Waals surface area contributed by atoms with Crippen molar-refractivity contribution in [2.75, 3.05) is 0 Å². The molecule has 0 radical (unpaired) electrons. The maximum atomic E-state index is 4.18. The maximum absolute atomic E-state index is 4.18. The number of benzene rings is 2. The second kappa shape index (κ2) is 16.0. The first-order chi connectivity index (χ1) is 14.7. The van der Waals surface area contributed by atoms with Gasteiger partial charge in [-0.2, -0.15) is 0 Å². The highest BCUT2D eigenvalue weighted by molar-refractivity contribution is 5.35. The molecular weight excluding hydrogens is 360 g/mol. The fourth-order valence-electron chi connectivity index (χ4n) is 3.05. The summed E-state index contributed by atoms with van der Waals surface area (Å²) in [5.74, 6) is 0. The molecule has 0 heterocycles. The zero-order valence-electron chi connectivity index (χ0n) is 19.1. The van der Waals surface area contributed by atoms with E-state index in [9.17, 15) is 0 Å². The smallest absolute Gasteiger partial charge is 0.0238 e. The van der Waals surface area contributed by atoms with Crippen molar-refractivity contribution in [3.8, 4) is 0 Å². The molecule has 0 heteroatoms. The summed E-state index contributed by atoms with van der Waals surface area (Å²) in [6, 6.07) is 19.8. The Hall–Kier alpha value is -2.86. The maximum Gasteiger partial charge on any atom is -0.0238 e. The first kappa shape index (κ1) is 25.2. The van der Waals surface area contributed by atoms with Gasteiger partial charge in [0.05, 0.1) is 0 Å². The number of hydrogen-bond acceptors (Lipinski definition) is 0. The third-order valence-corrected chi connectivity index (χ3v) is 4.80. The molecule has 2 rings (SSSR count). The number of aryl methyl sites for hydroxylation is 3. The highest BCUT2D eigenvalue weighted by Crippen LogP contribution is 2.14. The van der Waals surface area contributed by atoms with E-state index in [-0.39, 0.29) is 0 Å². The van der Waals surface area contributed by atoms with E-state index in [1.54, 1.807) is 6.08 Å². The predicted molar refractivity (Wildman–Crippen MR) is 136 cm³/mol. The molecular formula is C30H38. The van der Waals surface area contributed by atoms with Crippen molar-refractivity contribution >= 4 is 0 Å². The van der Waals surface area contributed by atoms with Gasteiger partial charge in [0.1, 0.15) is 0 Å². The molecule has 0 aliphatic heterocycles. The minimum atomic E-state index is 1.02. The monoisotopic (exact) mass is 398 g/mol. The zero-order chi connectivity index (χ0) is 22.0. The van der Waals surface area contributed by atoms with Crippen molar-refractivity contribution in [3.05, 3.63) is 132 Å². The van der Waals surface area contributed by atoms with E-state index < -0.39 is 0 Å². The van der Waals surface area contributed by atoms with E-state index in [2.05, 4.69) is 92.1 Å². The summed E-state index contributed by atoms with van der Waals surface area (Å²) in [6.07, 6.45) is 17.6. The van der Waals surface area contributed by atoms with Crippen LogP contribution in [0, 0.1) is 0 Å². The Balaban J connectivity index is 0.00000218. The second-order valence-corrected chi connectivity index (χ2v) is 7.03. The topological polar surface area (TPSA) is 0 Å². The first-order valence-corrected chi connectivity index (χ1v) is 11.1. The van der Waals surface area contributed by atoms with E-state index in [1.165, 1.54) is 27.8 Å². The third-order valence-electron chi connectivity index (χ3n) is 4.80. The lowest BCUT2D eigenvalue weighted by molar-refractivity contribution is 0.824. The molecule has 158 valence electrons. The van der Waals surface area contributed by atoms with Gasteiger partial charge in [-0.25, -0.2) is 0 Å². The molecule has 2 aromatic rings. The molecule has 0 unspecified atom stereocenters. The summed E-state index contributed by atoms with van der Waals surface area (Å²) in [5, 5.41) is 0. The van der Waals surface area contributed by atoms with Gasteiger partial charge in [-0.3, -0.25) is 0 Å². The van der Waals surface area contributed by atoms with Gasteiger partial charge in [-0.15, -0.1) is 0 Å². The van der Waals surface area contributed by atoms with Crippen LogP contribution in [0.3, 0.4) is 0 Å². The average molecular weight is 399 g/mol. The van der Waals surface area contributed by atoms with Crippen LogP contribution >= 0.6 is 0 Å². The van der Waals surface area contributed by atoms with Crippen LogP contribution in [0.25, 0.3) is 0 Å². The number of hydrogen-bond donors (Lipinski definition) is 0. The molecule has 0 saturated carbocycles. The van der Waals surface area contributed by atoms with E-state index >= 15 is 0 Å². The minimum Gasteiger partial charge on any atom is -0.0991 e. The van der Waals surface area contributed by atoms with Gasteiger partial charge in [0, 0.05) is 0 Å². The molecule has 30 heavy (non-hydrogen) atoms. The van der Waals surface area contributed by atoms with Gasteiger partial charge >= 0.3 is 0 Å². The lowest BCUT2D eigenvalue weighted by atomic mass is 10.0. The van der Waals surface area contributed by atoms with E-state index in [0.717, 1.165) is 32.1 Å². The van der Waals surface area contributed by atoms with E-state index in [1.807, 2.05) is 26.8 Å². The van der Waals surface area contributed by atoms with Crippen LogP contribution in [0.5, 0.6) is 0 Å². The Morgan fingerprint density at radius 2 is 1.33 bits per heavy atom. The Bertz CT molecular complexity index is 814. The molecule has 0 spiro atoms. The van der Waals surface area contributed by atoms with Crippen LogP contribution in [0.2, 0.25) is 0 Å². The molecule has 0 fully saturated rings. The number of allylic oxidation sites excluding steroid dienone is 8. The van der Waals surface area contributed by atoms with Crippen molar-refractivity contribution in [1.29, 1.82) is 0 Å². The standard InChI is InChI=1S/C28H32.C2H6/c1-4-6-12-25(5-2)17-16-24(3)11-10-15-27-19-22-28(23-20-27)21-18-26-13-8-7-9-14-26;1-2/h4-9,12-14,16-17,19-20,22-23H,1,3,10-11,15,18,21H2,2H3;1-2H3/b12-6-,17-16+,25-5+;. The fraction of sp³-hybridized carbons (Fsp3) is 0.267. The Morgan fingerprint density at radius 3 is 1.90 bits per heavy atom. The average Bonchev–Trinajstić information content (AvgIpc) is 2.80. The van der Waals surface area contributed by atoms with Gasteiger partial charge in [0.25, 0.3) is 0 Å². The van der Waals surface area contributed by atoms with E-state index in [0.29, 0.717) is 0 Å². The van der Waals surface area contributed by atoms with Gasteiger partial charge in [0.2, 0.25) is 0 Å². The SMILES string of the molecule is C=C\C=C/C(/C=C/C(=C)CCCc1ccc(CCc2ccccc2)cc1)=C\C.CC. The Kier molecular flexibility index (Phi) is 13.4. The van der Waals surface area contributed by atoms with E-state index in [4.69, 9.17) is 0 Å². The molecule has 0 nitrogen and oxygen atoms in total. The van der Waals surface area contributed by atoms with Crippen molar-refractivity contribution in [1.82, 2.24) is 0 Å². The molecule has 0 aliphatic carbocycles. The summed E-state index contributed by atoms with van der Waals surface area (Å²) in [7, 11) is 0. The quantitative estimate of drug-likeness (QED) is 0.332. The van der Waals surface area contributed by atoms with Crippen LogP contribution in [-0.2, 0) is 19.3 Å². The summed E-state index contributed by atoms with van der Waals surface area (Å²) < 4.78 is 0.